The van der Waals surface area contributed by atoms with Crippen LogP contribution >= 0.6 is 0 Å². The van der Waals surface area contributed by atoms with E-state index >= 15 is 0 Å². The summed E-state index contributed by atoms with van der Waals surface area (Å²) in [6.45, 7) is 4.68. The first kappa shape index (κ1) is 31.3. The molecule has 0 saturated heterocycles. The average molecular weight is 570 g/mol. The van der Waals surface area contributed by atoms with E-state index < -0.39 is 17.6 Å². The molecule has 41 heavy (non-hydrogen) atoms. The standard InChI is InChI=1S/C35H46F3NO2/c1-2-3-4-5-6-25-40-32-20-15-29(16-21-32)12-11-27-7-9-28(10-8-27)13-14-30-17-24-34(39-26-30)35(37,38)41-33-22-18-31(36)19-23-33/h2,11-12,17-19,22-24,26-29,32H,1,3-10,13-16,20-21,25H2/b12-11+. The fraction of sp³-hybridized carbons (Fsp3) is 0.571. The van der Waals surface area contributed by atoms with Crippen molar-refractivity contribution in [2.24, 2.45) is 17.8 Å². The van der Waals surface area contributed by atoms with Gasteiger partial charge in [0.1, 0.15) is 11.6 Å². The van der Waals surface area contributed by atoms with Gasteiger partial charge >= 0.3 is 6.11 Å². The van der Waals surface area contributed by atoms with E-state index in [0.717, 1.165) is 50.0 Å². The van der Waals surface area contributed by atoms with Crippen molar-refractivity contribution in [2.45, 2.75) is 102 Å². The summed E-state index contributed by atoms with van der Waals surface area (Å²) in [6.07, 6.45) is 21.7. The van der Waals surface area contributed by atoms with Crippen molar-refractivity contribution in [2.75, 3.05) is 6.61 Å². The van der Waals surface area contributed by atoms with Crippen LogP contribution in [0, 0.1) is 23.6 Å². The lowest BCUT2D eigenvalue weighted by molar-refractivity contribution is -0.188. The molecule has 2 saturated carbocycles. The predicted octanol–water partition coefficient (Wildman–Crippen LogP) is 9.97. The van der Waals surface area contributed by atoms with Crippen LogP contribution in [0.15, 0.2) is 67.4 Å². The number of aryl methyl sites for hydroxylation is 1. The fourth-order valence-electron chi connectivity index (χ4n) is 6.07. The van der Waals surface area contributed by atoms with Crippen molar-refractivity contribution in [1.82, 2.24) is 4.98 Å². The highest BCUT2D eigenvalue weighted by atomic mass is 19.3. The molecule has 0 amide bonds. The Balaban J connectivity index is 1.10. The zero-order chi connectivity index (χ0) is 28.9. The van der Waals surface area contributed by atoms with E-state index in [1.807, 2.05) is 6.08 Å². The van der Waals surface area contributed by atoms with Crippen molar-refractivity contribution >= 4 is 0 Å². The highest BCUT2D eigenvalue weighted by Crippen LogP contribution is 2.35. The number of unbranched alkanes of at least 4 members (excludes halogenated alkanes) is 3. The molecule has 1 aromatic heterocycles. The number of hydrogen-bond donors (Lipinski definition) is 0. The number of alkyl halides is 2. The quantitative estimate of drug-likeness (QED) is 0.158. The summed E-state index contributed by atoms with van der Waals surface area (Å²) in [5.74, 6) is 1.44. The Morgan fingerprint density at radius 3 is 2.17 bits per heavy atom. The third-order valence-corrected chi connectivity index (χ3v) is 8.70. The lowest BCUT2D eigenvalue weighted by Crippen LogP contribution is -2.23. The summed E-state index contributed by atoms with van der Waals surface area (Å²) in [6, 6.07) is 7.57. The van der Waals surface area contributed by atoms with Crippen LogP contribution < -0.4 is 4.74 Å². The molecule has 224 valence electrons. The molecule has 6 heteroatoms. The minimum atomic E-state index is -3.58. The van der Waals surface area contributed by atoms with Crippen molar-refractivity contribution in [1.29, 1.82) is 0 Å². The van der Waals surface area contributed by atoms with E-state index in [0.29, 0.717) is 23.9 Å². The zero-order valence-electron chi connectivity index (χ0n) is 24.3. The lowest BCUT2D eigenvalue weighted by Gasteiger charge is -2.29. The van der Waals surface area contributed by atoms with Crippen molar-refractivity contribution in [3.63, 3.8) is 0 Å². The first-order valence-corrected chi connectivity index (χ1v) is 15.6. The molecule has 0 aliphatic heterocycles. The number of ether oxygens (including phenoxy) is 2. The number of benzene rings is 1. The van der Waals surface area contributed by atoms with E-state index in [1.54, 1.807) is 6.07 Å². The summed E-state index contributed by atoms with van der Waals surface area (Å²) in [5, 5.41) is 0. The molecule has 0 radical (unpaired) electrons. The van der Waals surface area contributed by atoms with Gasteiger partial charge in [-0.15, -0.1) is 6.58 Å². The summed E-state index contributed by atoms with van der Waals surface area (Å²) >= 11 is 0. The Labute approximate surface area is 244 Å². The van der Waals surface area contributed by atoms with Gasteiger partial charge in [-0.3, -0.25) is 4.98 Å². The van der Waals surface area contributed by atoms with Gasteiger partial charge in [0.05, 0.1) is 6.10 Å². The van der Waals surface area contributed by atoms with E-state index in [1.165, 1.54) is 88.6 Å². The number of hydrogen-bond acceptors (Lipinski definition) is 3. The molecule has 0 bridgehead atoms. The first-order valence-electron chi connectivity index (χ1n) is 15.6. The third kappa shape index (κ3) is 10.6. The number of allylic oxidation sites excluding steroid dienone is 3. The molecule has 0 unspecified atom stereocenters. The number of nitrogens with zero attached hydrogens (tertiary/aromatic N) is 1. The lowest BCUT2D eigenvalue weighted by atomic mass is 9.78. The van der Waals surface area contributed by atoms with Crippen LogP contribution in [0.2, 0.25) is 0 Å². The van der Waals surface area contributed by atoms with Gasteiger partial charge < -0.3 is 9.47 Å². The van der Waals surface area contributed by atoms with E-state index in [4.69, 9.17) is 9.47 Å². The van der Waals surface area contributed by atoms with Gasteiger partial charge in [0.2, 0.25) is 0 Å². The van der Waals surface area contributed by atoms with Crippen LogP contribution in [0.1, 0.15) is 94.7 Å². The highest BCUT2D eigenvalue weighted by molar-refractivity contribution is 5.24. The maximum atomic E-state index is 14.5. The van der Waals surface area contributed by atoms with Crippen molar-refractivity contribution in [3.05, 3.63) is 84.5 Å². The van der Waals surface area contributed by atoms with Gasteiger partial charge in [0.25, 0.3) is 0 Å². The van der Waals surface area contributed by atoms with E-state index in [2.05, 4.69) is 23.7 Å². The Morgan fingerprint density at radius 2 is 1.54 bits per heavy atom. The molecule has 2 fully saturated rings. The number of halogens is 3. The van der Waals surface area contributed by atoms with Crippen LogP contribution in [0.5, 0.6) is 5.75 Å². The van der Waals surface area contributed by atoms with Crippen molar-refractivity contribution in [3.8, 4) is 5.75 Å². The summed E-state index contributed by atoms with van der Waals surface area (Å²) < 4.78 is 52.9. The molecule has 0 atom stereocenters. The normalized spacial score (nSPS) is 23.5. The topological polar surface area (TPSA) is 31.4 Å². The smallest absolute Gasteiger partial charge is 0.428 e. The molecular formula is C35H46F3NO2. The Bertz CT molecular complexity index is 1050. The second-order valence-corrected chi connectivity index (χ2v) is 11.9. The maximum Gasteiger partial charge on any atom is 0.444 e. The SMILES string of the molecule is C=CCCCCCOC1CCC(/C=C/C2CCC(CCc3ccc(C(F)(F)Oc4ccc(F)cc4)nc3)CC2)CC1. The zero-order valence-corrected chi connectivity index (χ0v) is 24.3. The fourth-order valence-corrected chi connectivity index (χ4v) is 6.07. The van der Waals surface area contributed by atoms with Gasteiger partial charge in [-0.25, -0.2) is 4.39 Å². The van der Waals surface area contributed by atoms with Gasteiger partial charge in [0, 0.05) is 12.8 Å². The molecule has 2 aliphatic carbocycles. The van der Waals surface area contributed by atoms with Crippen LogP contribution in [0.3, 0.4) is 0 Å². The first-order chi connectivity index (χ1) is 19.9. The van der Waals surface area contributed by atoms with Gasteiger partial charge in [-0.1, -0.05) is 30.7 Å². The molecule has 0 N–H and O–H groups in total. The van der Waals surface area contributed by atoms with E-state index in [9.17, 15) is 13.2 Å². The summed E-state index contributed by atoms with van der Waals surface area (Å²) in [7, 11) is 0. The average Bonchev–Trinajstić information content (AvgIpc) is 2.99. The Hall–Kier alpha value is -2.60. The molecule has 4 rings (SSSR count). The molecular weight excluding hydrogens is 523 g/mol. The largest absolute Gasteiger partial charge is 0.444 e. The second-order valence-electron chi connectivity index (χ2n) is 11.9. The number of aromatic nitrogens is 1. The van der Waals surface area contributed by atoms with Gasteiger partial charge in [-0.2, -0.15) is 8.78 Å². The minimum absolute atomic E-state index is 0.105. The molecule has 1 heterocycles. The number of rotatable bonds is 15. The van der Waals surface area contributed by atoms with Crippen LogP contribution in [0.4, 0.5) is 13.2 Å². The van der Waals surface area contributed by atoms with Gasteiger partial charge in [-0.05, 0) is 137 Å². The van der Waals surface area contributed by atoms with Crippen LogP contribution in [0.25, 0.3) is 0 Å². The summed E-state index contributed by atoms with van der Waals surface area (Å²) in [5.41, 5.74) is 0.509. The molecule has 3 nitrogen and oxygen atoms in total. The highest BCUT2D eigenvalue weighted by Gasteiger charge is 2.36. The monoisotopic (exact) mass is 569 g/mol. The molecule has 0 spiro atoms. The predicted molar refractivity (Wildman–Crippen MR) is 158 cm³/mol. The molecule has 2 aliphatic rings. The van der Waals surface area contributed by atoms with E-state index in [-0.39, 0.29) is 5.75 Å². The van der Waals surface area contributed by atoms with Crippen molar-refractivity contribution < 1.29 is 22.6 Å². The van der Waals surface area contributed by atoms with Gasteiger partial charge in [0.15, 0.2) is 5.69 Å². The molecule has 2 aromatic rings. The molecule has 1 aromatic carbocycles. The second kappa shape index (κ2) is 16.1. The minimum Gasteiger partial charge on any atom is -0.428 e. The Kier molecular flexibility index (Phi) is 12.3. The summed E-state index contributed by atoms with van der Waals surface area (Å²) in [4.78, 5) is 3.97. The van der Waals surface area contributed by atoms with Crippen LogP contribution in [-0.2, 0) is 17.3 Å². The maximum absolute atomic E-state index is 14.5. The van der Waals surface area contributed by atoms with Crippen LogP contribution in [-0.4, -0.2) is 17.7 Å². The third-order valence-electron chi connectivity index (χ3n) is 8.70. The Morgan fingerprint density at radius 1 is 0.854 bits per heavy atom. The number of pyridine rings is 1.